The Morgan fingerprint density at radius 2 is 0.847 bits per heavy atom. The number of esters is 1. The van der Waals surface area contributed by atoms with Crippen LogP contribution in [0.15, 0.2) is 48.6 Å². The van der Waals surface area contributed by atoms with E-state index in [-0.39, 0.29) is 18.5 Å². The molecule has 0 aromatic heterocycles. The van der Waals surface area contributed by atoms with E-state index in [2.05, 4.69) is 55.6 Å². The summed E-state index contributed by atoms with van der Waals surface area (Å²) in [6.45, 7) is 4.79. The van der Waals surface area contributed by atoms with Gasteiger partial charge in [-0.1, -0.05) is 197 Å². The Morgan fingerprint density at radius 3 is 1.32 bits per heavy atom. The molecule has 3 N–H and O–H groups in total. The van der Waals surface area contributed by atoms with Crippen LogP contribution in [-0.2, 0) is 14.3 Å². The maximum absolute atomic E-state index is 12.4. The molecule has 0 saturated carbocycles. The number of unbranched alkanes of at least 4 members (excludes halogenated alkanes) is 29. The molecule has 6 nitrogen and oxygen atoms in total. The molecule has 2 unspecified atom stereocenters. The minimum absolute atomic E-state index is 0.0474. The molecule has 0 radical (unpaired) electrons. The number of carbonyl (C=O) groups excluding carboxylic acids is 2. The average Bonchev–Trinajstić information content (AvgIpc) is 3.24. The molecule has 0 aromatic carbocycles. The highest BCUT2D eigenvalue weighted by Gasteiger charge is 2.18. The summed E-state index contributed by atoms with van der Waals surface area (Å²) in [7, 11) is 0. The molecule has 0 heterocycles. The molecule has 0 bridgehead atoms. The highest BCUT2D eigenvalue weighted by molar-refractivity contribution is 5.76. The third-order valence-electron chi connectivity index (χ3n) is 11.3. The number of nitrogens with one attached hydrogen (secondary N) is 1. The fourth-order valence-electron chi connectivity index (χ4n) is 7.36. The highest BCUT2D eigenvalue weighted by atomic mass is 16.5. The van der Waals surface area contributed by atoms with E-state index >= 15 is 0 Å². The standard InChI is InChI=1S/C53H97NO5/c1-3-5-7-9-11-13-15-17-19-21-23-27-31-35-39-43-47-53(58)59-48-44-40-36-32-28-24-26-30-34-38-42-46-52(57)54-50(49-55)51(56)45-41-37-33-29-25-22-20-18-16-14-12-10-8-6-4-2/h13,15,19,21,28,32,41,45,50-51,55-56H,3-12,14,16-18,20,22-27,29-31,33-40,42-44,46-49H2,1-2H3,(H,54,57)/b15-13-,21-19-,32-28-,45-41+. The zero-order chi connectivity index (χ0) is 43.0. The lowest BCUT2D eigenvalue weighted by atomic mass is 10.0. The third-order valence-corrected chi connectivity index (χ3v) is 11.3. The van der Waals surface area contributed by atoms with Gasteiger partial charge in [0.2, 0.25) is 5.91 Å². The molecule has 0 fully saturated rings. The monoisotopic (exact) mass is 828 g/mol. The van der Waals surface area contributed by atoms with Crippen LogP contribution < -0.4 is 5.32 Å². The number of carbonyl (C=O) groups is 2. The van der Waals surface area contributed by atoms with Crippen molar-refractivity contribution in [1.82, 2.24) is 5.32 Å². The number of aliphatic hydroxyl groups excluding tert-OH is 2. The summed E-state index contributed by atoms with van der Waals surface area (Å²) in [5, 5.41) is 23.0. The topological polar surface area (TPSA) is 95.9 Å². The van der Waals surface area contributed by atoms with Crippen molar-refractivity contribution in [1.29, 1.82) is 0 Å². The summed E-state index contributed by atoms with van der Waals surface area (Å²) in [6, 6.07) is -0.650. The van der Waals surface area contributed by atoms with Crippen LogP contribution in [0.4, 0.5) is 0 Å². The van der Waals surface area contributed by atoms with Gasteiger partial charge in [-0.05, 0) is 89.9 Å². The van der Waals surface area contributed by atoms with Crippen LogP contribution >= 0.6 is 0 Å². The number of allylic oxidation sites excluding steroid dienone is 7. The minimum atomic E-state index is -0.864. The lowest BCUT2D eigenvalue weighted by Gasteiger charge is -2.20. The number of hydrogen-bond donors (Lipinski definition) is 3. The molecule has 6 heteroatoms. The summed E-state index contributed by atoms with van der Waals surface area (Å²) in [6.07, 6.45) is 59.6. The average molecular weight is 828 g/mol. The number of hydrogen-bond acceptors (Lipinski definition) is 5. The Balaban J connectivity index is 3.58. The van der Waals surface area contributed by atoms with Gasteiger partial charge in [0, 0.05) is 12.8 Å². The second-order valence-electron chi connectivity index (χ2n) is 17.1. The number of aliphatic hydroxyl groups is 2. The molecule has 59 heavy (non-hydrogen) atoms. The summed E-state index contributed by atoms with van der Waals surface area (Å²) < 4.78 is 5.43. The summed E-state index contributed by atoms with van der Waals surface area (Å²) >= 11 is 0. The molecular formula is C53H97NO5. The largest absolute Gasteiger partial charge is 0.466 e. The van der Waals surface area contributed by atoms with E-state index < -0.39 is 12.1 Å². The smallest absolute Gasteiger partial charge is 0.305 e. The van der Waals surface area contributed by atoms with Crippen molar-refractivity contribution < 1.29 is 24.5 Å². The van der Waals surface area contributed by atoms with Crippen LogP contribution in [0.25, 0.3) is 0 Å². The maximum Gasteiger partial charge on any atom is 0.305 e. The van der Waals surface area contributed by atoms with E-state index in [0.29, 0.717) is 19.4 Å². The number of amides is 1. The number of ether oxygens (including phenoxy) is 1. The molecule has 0 saturated heterocycles. The van der Waals surface area contributed by atoms with Crippen molar-refractivity contribution in [3.63, 3.8) is 0 Å². The van der Waals surface area contributed by atoms with Crippen LogP contribution in [0, 0.1) is 0 Å². The van der Waals surface area contributed by atoms with E-state index in [1.165, 1.54) is 128 Å². The van der Waals surface area contributed by atoms with Gasteiger partial charge in [-0.3, -0.25) is 9.59 Å². The Kier molecular flexibility index (Phi) is 46.7. The second-order valence-corrected chi connectivity index (χ2v) is 17.1. The molecule has 0 spiro atoms. The van der Waals surface area contributed by atoms with E-state index in [9.17, 15) is 19.8 Å². The fraction of sp³-hybridized carbons (Fsp3) is 0.811. The molecule has 0 aliphatic carbocycles. The summed E-state index contributed by atoms with van der Waals surface area (Å²) in [5.74, 6) is -0.147. The van der Waals surface area contributed by atoms with Crippen LogP contribution in [0.3, 0.4) is 0 Å². The first-order valence-corrected chi connectivity index (χ1v) is 25.4. The van der Waals surface area contributed by atoms with Crippen LogP contribution in [0.5, 0.6) is 0 Å². The third kappa shape index (κ3) is 45.2. The molecule has 1 amide bonds. The zero-order valence-electron chi connectivity index (χ0n) is 39.0. The zero-order valence-corrected chi connectivity index (χ0v) is 39.0. The van der Waals surface area contributed by atoms with Crippen molar-refractivity contribution >= 4 is 11.9 Å². The Bertz CT molecular complexity index is 1000. The van der Waals surface area contributed by atoms with E-state index in [1.807, 2.05) is 6.08 Å². The van der Waals surface area contributed by atoms with Crippen molar-refractivity contribution in [3.8, 4) is 0 Å². The van der Waals surface area contributed by atoms with E-state index in [4.69, 9.17) is 4.74 Å². The normalized spacial score (nSPS) is 13.1. The van der Waals surface area contributed by atoms with Crippen molar-refractivity contribution in [2.24, 2.45) is 0 Å². The highest BCUT2D eigenvalue weighted by Crippen LogP contribution is 2.14. The van der Waals surface area contributed by atoms with Crippen molar-refractivity contribution in [2.45, 2.75) is 264 Å². The summed E-state index contributed by atoms with van der Waals surface area (Å²) in [4.78, 5) is 24.4. The molecule has 0 aliphatic rings. The SMILES string of the molecule is CCCCCC/C=C\C/C=C\CCCCCCCC(=O)OCCCC/C=C\CCCCCCCC(=O)NC(CO)C(O)/C=C/CCCCCCCCCCCCCCC. The fourth-order valence-corrected chi connectivity index (χ4v) is 7.36. The van der Waals surface area contributed by atoms with Gasteiger partial charge >= 0.3 is 5.97 Å². The first-order valence-electron chi connectivity index (χ1n) is 25.4. The van der Waals surface area contributed by atoms with E-state index in [0.717, 1.165) is 96.3 Å². The molecule has 0 aromatic rings. The van der Waals surface area contributed by atoms with Gasteiger partial charge in [-0.15, -0.1) is 0 Å². The predicted molar refractivity (Wildman–Crippen MR) is 255 cm³/mol. The Labute approximate surface area is 366 Å². The van der Waals surface area contributed by atoms with Crippen LogP contribution in [0.2, 0.25) is 0 Å². The second kappa shape index (κ2) is 48.5. The molecule has 344 valence electrons. The summed E-state index contributed by atoms with van der Waals surface area (Å²) in [5.41, 5.74) is 0. The van der Waals surface area contributed by atoms with Gasteiger partial charge in [0.25, 0.3) is 0 Å². The molecule has 2 atom stereocenters. The predicted octanol–water partition coefficient (Wildman–Crippen LogP) is 15.1. The maximum atomic E-state index is 12.4. The van der Waals surface area contributed by atoms with Gasteiger partial charge in [0.15, 0.2) is 0 Å². The minimum Gasteiger partial charge on any atom is -0.466 e. The van der Waals surface area contributed by atoms with Crippen molar-refractivity contribution in [3.05, 3.63) is 48.6 Å². The Morgan fingerprint density at radius 1 is 0.475 bits per heavy atom. The van der Waals surface area contributed by atoms with Gasteiger partial charge in [-0.25, -0.2) is 0 Å². The lowest BCUT2D eigenvalue weighted by molar-refractivity contribution is -0.143. The molecular weight excluding hydrogens is 731 g/mol. The first kappa shape index (κ1) is 56.8. The van der Waals surface area contributed by atoms with Crippen LogP contribution in [-0.4, -0.2) is 47.4 Å². The lowest BCUT2D eigenvalue weighted by Crippen LogP contribution is -2.45. The quantitative estimate of drug-likeness (QED) is 0.0323. The van der Waals surface area contributed by atoms with Gasteiger partial charge < -0.3 is 20.3 Å². The first-order chi connectivity index (χ1) is 29.0. The Hall–Kier alpha value is -2.18. The van der Waals surface area contributed by atoms with Gasteiger partial charge in [0.1, 0.15) is 0 Å². The van der Waals surface area contributed by atoms with Crippen molar-refractivity contribution in [2.75, 3.05) is 13.2 Å². The van der Waals surface area contributed by atoms with Gasteiger partial charge in [0.05, 0.1) is 25.4 Å². The van der Waals surface area contributed by atoms with Crippen LogP contribution in [0.1, 0.15) is 251 Å². The number of rotatable bonds is 46. The molecule has 0 rings (SSSR count). The van der Waals surface area contributed by atoms with E-state index in [1.54, 1.807) is 6.08 Å². The van der Waals surface area contributed by atoms with Gasteiger partial charge in [-0.2, -0.15) is 0 Å². The molecule has 0 aliphatic heterocycles.